The molecule has 2 amide bonds. The number of nitrogens with one attached hydrogen (secondary N) is 1. The van der Waals surface area contributed by atoms with Gasteiger partial charge in [-0.05, 0) is 48.1 Å². The number of cyclic esters (lactones) is 1. The van der Waals surface area contributed by atoms with Crippen molar-refractivity contribution in [1.29, 1.82) is 0 Å². The fraction of sp³-hybridized carbons (Fsp3) is 0.636. The molecule has 146 valence electrons. The first kappa shape index (κ1) is 18.3. The first-order chi connectivity index (χ1) is 12.7. The minimum absolute atomic E-state index is 0.00655. The van der Waals surface area contributed by atoms with Crippen molar-refractivity contribution < 1.29 is 14.3 Å². The smallest absolute Gasteiger partial charge is 0.410 e. The number of likely N-dealkylation sites (N-methyl/N-ethyl adjacent to an activating group) is 1. The molecule has 4 rings (SSSR count). The summed E-state index contributed by atoms with van der Waals surface area (Å²) in [6.07, 6.45) is 3.19. The number of nitrogens with zero attached hydrogens (tertiary/aromatic N) is 1. The van der Waals surface area contributed by atoms with Crippen molar-refractivity contribution in [2.45, 2.75) is 69.4 Å². The van der Waals surface area contributed by atoms with Gasteiger partial charge in [0.1, 0.15) is 6.61 Å². The Balaban J connectivity index is 1.24. The minimum Gasteiger partial charge on any atom is -0.447 e. The van der Waals surface area contributed by atoms with E-state index in [-0.39, 0.29) is 34.9 Å². The average Bonchev–Trinajstić information content (AvgIpc) is 2.84. The van der Waals surface area contributed by atoms with Crippen LogP contribution in [0.15, 0.2) is 24.3 Å². The van der Waals surface area contributed by atoms with E-state index in [1.807, 2.05) is 0 Å². The Morgan fingerprint density at radius 3 is 2.33 bits per heavy atom. The number of amides is 2. The second-order valence-corrected chi connectivity index (χ2v) is 9.69. The molecule has 5 nitrogen and oxygen atoms in total. The number of benzene rings is 1. The van der Waals surface area contributed by atoms with Crippen LogP contribution in [0.25, 0.3) is 0 Å². The van der Waals surface area contributed by atoms with Gasteiger partial charge in [-0.15, -0.1) is 0 Å². The number of carbonyl (C=O) groups excluding carboxylic acids is 2. The highest BCUT2D eigenvalue weighted by molar-refractivity contribution is 5.81. The number of hydrogen-bond donors (Lipinski definition) is 1. The summed E-state index contributed by atoms with van der Waals surface area (Å²) < 4.78 is 5.11. The Bertz CT molecular complexity index is 738. The highest BCUT2D eigenvalue weighted by Gasteiger charge is 2.56. The number of ether oxygens (including phenoxy) is 1. The molecule has 2 saturated carbocycles. The molecule has 0 bridgehead atoms. The molecule has 3 fully saturated rings. The zero-order valence-electron chi connectivity index (χ0n) is 16.7. The normalized spacial score (nSPS) is 32.7. The number of hydrogen-bond acceptors (Lipinski definition) is 3. The first-order valence-corrected chi connectivity index (χ1v) is 9.99. The molecule has 0 aromatic heterocycles. The fourth-order valence-electron chi connectivity index (χ4n) is 4.60. The fourth-order valence-corrected chi connectivity index (χ4v) is 4.60. The van der Waals surface area contributed by atoms with Gasteiger partial charge in [-0.3, -0.25) is 4.79 Å². The third-order valence-corrected chi connectivity index (χ3v) is 6.81. The summed E-state index contributed by atoms with van der Waals surface area (Å²) in [6.45, 7) is 7.11. The van der Waals surface area contributed by atoms with Crippen LogP contribution in [0.2, 0.25) is 0 Å². The van der Waals surface area contributed by atoms with E-state index in [9.17, 15) is 9.59 Å². The Hall–Kier alpha value is -2.04. The van der Waals surface area contributed by atoms with Gasteiger partial charge < -0.3 is 15.0 Å². The van der Waals surface area contributed by atoms with Crippen LogP contribution in [0.4, 0.5) is 4.79 Å². The Kier molecular flexibility index (Phi) is 4.24. The maximum absolute atomic E-state index is 12.5. The van der Waals surface area contributed by atoms with Crippen LogP contribution < -0.4 is 5.32 Å². The molecule has 2 aliphatic carbocycles. The summed E-state index contributed by atoms with van der Waals surface area (Å²) in [5.74, 6) is 0.691. The highest BCUT2D eigenvalue weighted by atomic mass is 16.6. The van der Waals surface area contributed by atoms with Gasteiger partial charge in [0, 0.05) is 19.0 Å². The quantitative estimate of drug-likeness (QED) is 0.885. The van der Waals surface area contributed by atoms with Crippen molar-refractivity contribution in [3.05, 3.63) is 35.4 Å². The maximum atomic E-state index is 12.5. The van der Waals surface area contributed by atoms with E-state index >= 15 is 0 Å². The summed E-state index contributed by atoms with van der Waals surface area (Å²) >= 11 is 0. The zero-order valence-corrected chi connectivity index (χ0v) is 16.7. The van der Waals surface area contributed by atoms with Gasteiger partial charge in [0.15, 0.2) is 0 Å². The van der Waals surface area contributed by atoms with E-state index in [2.05, 4.69) is 50.4 Å². The molecule has 0 atom stereocenters. The lowest BCUT2D eigenvalue weighted by Gasteiger charge is -2.47. The Morgan fingerprint density at radius 2 is 1.81 bits per heavy atom. The van der Waals surface area contributed by atoms with Crippen LogP contribution in [-0.2, 0) is 14.9 Å². The van der Waals surface area contributed by atoms with Gasteiger partial charge in [-0.1, -0.05) is 45.0 Å². The van der Waals surface area contributed by atoms with Crippen molar-refractivity contribution in [3.8, 4) is 0 Å². The topological polar surface area (TPSA) is 58.6 Å². The van der Waals surface area contributed by atoms with E-state index < -0.39 is 0 Å². The van der Waals surface area contributed by atoms with Gasteiger partial charge in [0.2, 0.25) is 5.91 Å². The third kappa shape index (κ3) is 3.21. The largest absolute Gasteiger partial charge is 0.447 e. The van der Waals surface area contributed by atoms with E-state index in [4.69, 9.17) is 4.74 Å². The molecule has 27 heavy (non-hydrogen) atoms. The molecule has 1 spiro atoms. The van der Waals surface area contributed by atoms with Gasteiger partial charge in [0.05, 0.1) is 5.54 Å². The van der Waals surface area contributed by atoms with Gasteiger partial charge in [0.25, 0.3) is 0 Å². The molecule has 1 N–H and O–H groups in total. The van der Waals surface area contributed by atoms with E-state index in [0.29, 0.717) is 25.4 Å². The highest BCUT2D eigenvalue weighted by Crippen LogP contribution is 2.46. The molecule has 1 aromatic rings. The van der Waals surface area contributed by atoms with Crippen molar-refractivity contribution >= 4 is 12.0 Å². The van der Waals surface area contributed by atoms with Crippen LogP contribution in [0.1, 0.15) is 63.5 Å². The maximum Gasteiger partial charge on any atom is 0.410 e. The molecule has 1 saturated heterocycles. The number of rotatable bonds is 3. The second-order valence-electron chi connectivity index (χ2n) is 9.69. The van der Waals surface area contributed by atoms with Crippen LogP contribution in [0.5, 0.6) is 0 Å². The van der Waals surface area contributed by atoms with Crippen molar-refractivity contribution in [3.63, 3.8) is 0 Å². The summed E-state index contributed by atoms with van der Waals surface area (Å²) in [6, 6.07) is 9.23. The minimum atomic E-state index is -0.270. The summed E-state index contributed by atoms with van der Waals surface area (Å²) in [5.41, 5.74) is 2.67. The van der Waals surface area contributed by atoms with Crippen LogP contribution in [-0.4, -0.2) is 42.1 Å². The molecular weight excluding hydrogens is 340 g/mol. The predicted molar refractivity (Wildman–Crippen MR) is 104 cm³/mol. The monoisotopic (exact) mass is 370 g/mol. The SMILES string of the molecule is CN1C(=O)OCC12CC(C(=O)NC1CC(c3ccc(C(C)(C)C)cc3)C1)C2. The standard InChI is InChI=1S/C22H30N2O3/c1-21(2,3)17-7-5-14(6-8-17)15-9-18(10-15)23-19(25)16-11-22(12-16)13-27-20(26)24(22)4/h5-8,15-16,18H,9-13H2,1-4H3,(H,23,25). The lowest BCUT2D eigenvalue weighted by molar-refractivity contribution is -0.133. The van der Waals surface area contributed by atoms with Gasteiger partial charge >= 0.3 is 6.09 Å². The van der Waals surface area contributed by atoms with Crippen LogP contribution >= 0.6 is 0 Å². The summed E-state index contributed by atoms with van der Waals surface area (Å²) in [5, 5.41) is 3.20. The summed E-state index contributed by atoms with van der Waals surface area (Å²) in [7, 11) is 1.77. The second kappa shape index (κ2) is 6.25. The lowest BCUT2D eigenvalue weighted by atomic mass is 9.67. The predicted octanol–water partition coefficient (Wildman–Crippen LogP) is 3.58. The van der Waals surface area contributed by atoms with Crippen LogP contribution in [0, 0.1) is 5.92 Å². The third-order valence-electron chi connectivity index (χ3n) is 6.81. The lowest BCUT2D eigenvalue weighted by Crippen LogP contribution is -2.59. The van der Waals surface area contributed by atoms with Gasteiger partial charge in [-0.2, -0.15) is 0 Å². The molecular formula is C22H30N2O3. The molecule has 5 heteroatoms. The summed E-state index contributed by atoms with van der Waals surface area (Å²) in [4.78, 5) is 25.7. The van der Waals surface area contributed by atoms with E-state index in [0.717, 1.165) is 12.8 Å². The van der Waals surface area contributed by atoms with E-state index in [1.165, 1.54) is 11.1 Å². The molecule has 1 heterocycles. The van der Waals surface area contributed by atoms with Crippen molar-refractivity contribution in [2.24, 2.45) is 5.92 Å². The van der Waals surface area contributed by atoms with Gasteiger partial charge in [-0.25, -0.2) is 4.79 Å². The van der Waals surface area contributed by atoms with E-state index in [1.54, 1.807) is 11.9 Å². The Morgan fingerprint density at radius 1 is 1.19 bits per heavy atom. The zero-order chi connectivity index (χ0) is 19.4. The first-order valence-electron chi connectivity index (χ1n) is 9.99. The Labute approximate surface area is 161 Å². The van der Waals surface area contributed by atoms with Crippen LogP contribution in [0.3, 0.4) is 0 Å². The van der Waals surface area contributed by atoms with Crippen molar-refractivity contribution in [1.82, 2.24) is 10.2 Å². The molecule has 0 unspecified atom stereocenters. The molecule has 1 aromatic carbocycles. The average molecular weight is 370 g/mol. The van der Waals surface area contributed by atoms with Crippen molar-refractivity contribution in [2.75, 3.05) is 13.7 Å². The number of carbonyl (C=O) groups is 2. The molecule has 0 radical (unpaired) electrons. The molecule has 1 aliphatic heterocycles. The molecule has 3 aliphatic rings.